The third-order valence-corrected chi connectivity index (χ3v) is 13.7. The van der Waals surface area contributed by atoms with Gasteiger partial charge < -0.3 is 0 Å². The lowest BCUT2D eigenvalue weighted by Crippen LogP contribution is -2.74. The van der Waals surface area contributed by atoms with E-state index in [0.717, 1.165) is 5.56 Å². The first-order valence-corrected chi connectivity index (χ1v) is 16.2. The molecule has 7 aromatic rings. The molecule has 40 heavy (non-hydrogen) atoms. The van der Waals surface area contributed by atoms with Crippen LogP contribution in [0.1, 0.15) is 0 Å². The number of thiophene rings is 1. The van der Waals surface area contributed by atoms with Crippen molar-refractivity contribution in [2.24, 2.45) is 0 Å². The smallest absolute Gasteiger partial charge is 0.187 e. The van der Waals surface area contributed by atoms with Crippen LogP contribution in [0, 0.1) is 6.57 Å². The summed E-state index contributed by atoms with van der Waals surface area (Å²) in [5, 5.41) is 8.10. The molecule has 3 heteroatoms. The Bertz CT molecular complexity index is 1960. The molecule has 0 amide bonds. The average Bonchev–Trinajstić information content (AvgIpc) is 3.41. The second-order valence-corrected chi connectivity index (χ2v) is 14.9. The van der Waals surface area contributed by atoms with Gasteiger partial charge in [0.05, 0.1) is 6.57 Å². The Morgan fingerprint density at radius 2 is 1.05 bits per heavy atom. The molecule has 0 aliphatic carbocycles. The van der Waals surface area contributed by atoms with Gasteiger partial charge in [0.1, 0.15) is 0 Å². The summed E-state index contributed by atoms with van der Waals surface area (Å²) in [6.45, 7) is 7.34. The van der Waals surface area contributed by atoms with Crippen molar-refractivity contribution < 1.29 is 0 Å². The van der Waals surface area contributed by atoms with Crippen molar-refractivity contribution in [1.29, 1.82) is 0 Å². The maximum atomic E-state index is 7.34. The normalized spacial score (nSPS) is 11.5. The van der Waals surface area contributed by atoms with E-state index in [1.54, 1.807) is 0 Å². The van der Waals surface area contributed by atoms with E-state index < -0.39 is 8.07 Å². The van der Waals surface area contributed by atoms with Crippen molar-refractivity contribution in [3.63, 3.8) is 0 Å². The van der Waals surface area contributed by atoms with E-state index in [9.17, 15) is 0 Å². The number of hydrogen-bond acceptors (Lipinski definition) is 1. The van der Waals surface area contributed by atoms with Gasteiger partial charge >= 0.3 is 0 Å². The van der Waals surface area contributed by atoms with Gasteiger partial charge in [-0.3, -0.25) is 0 Å². The van der Waals surface area contributed by atoms with E-state index in [1.807, 2.05) is 23.5 Å². The van der Waals surface area contributed by atoms with E-state index >= 15 is 0 Å². The molecule has 0 aliphatic rings. The average molecular weight is 544 g/mol. The predicted octanol–water partition coefficient (Wildman–Crippen LogP) is 7.65. The maximum Gasteiger partial charge on any atom is 0.187 e. The van der Waals surface area contributed by atoms with Gasteiger partial charge in [0, 0.05) is 20.2 Å². The van der Waals surface area contributed by atoms with Crippen molar-refractivity contribution >= 4 is 66.0 Å². The molecule has 6 aromatic carbocycles. The lowest BCUT2D eigenvalue weighted by Gasteiger charge is -2.34. The van der Waals surface area contributed by atoms with Crippen molar-refractivity contribution in [3.05, 3.63) is 163 Å². The zero-order valence-electron chi connectivity index (χ0n) is 21.8. The van der Waals surface area contributed by atoms with Crippen molar-refractivity contribution in [3.8, 4) is 11.1 Å². The molecule has 0 fully saturated rings. The van der Waals surface area contributed by atoms with Crippen molar-refractivity contribution in [2.75, 3.05) is 0 Å². The molecule has 0 saturated heterocycles. The number of rotatable bonds is 5. The van der Waals surface area contributed by atoms with E-state index in [2.05, 4.69) is 144 Å². The molecule has 0 radical (unpaired) electrons. The summed E-state index contributed by atoms with van der Waals surface area (Å²) in [5.74, 6) is 0. The first-order chi connectivity index (χ1) is 19.8. The van der Waals surface area contributed by atoms with Crippen LogP contribution >= 0.6 is 11.3 Å². The van der Waals surface area contributed by atoms with Crippen LogP contribution in [-0.2, 0) is 0 Å². The summed E-state index contributed by atoms with van der Waals surface area (Å²) in [7, 11) is -2.69. The number of hydrogen-bond donors (Lipinski definition) is 0. The maximum absolute atomic E-state index is 7.34. The van der Waals surface area contributed by atoms with Gasteiger partial charge in [0.25, 0.3) is 0 Å². The van der Waals surface area contributed by atoms with Crippen LogP contribution in [0.4, 0.5) is 5.69 Å². The third-order valence-electron chi connectivity index (χ3n) is 7.85. The van der Waals surface area contributed by atoms with Crippen LogP contribution in [0.5, 0.6) is 0 Å². The molecular formula is C37H25NSSi. The van der Waals surface area contributed by atoms with E-state index in [1.165, 1.54) is 46.5 Å². The summed E-state index contributed by atoms with van der Waals surface area (Å²) < 4.78 is 2.65. The van der Waals surface area contributed by atoms with Crippen LogP contribution in [0.15, 0.2) is 152 Å². The molecule has 1 heterocycles. The molecule has 0 bridgehead atoms. The van der Waals surface area contributed by atoms with Gasteiger partial charge in [-0.25, -0.2) is 4.85 Å². The molecular weight excluding hydrogens is 519 g/mol. The first-order valence-electron chi connectivity index (χ1n) is 13.4. The fourth-order valence-electron chi connectivity index (χ4n) is 6.00. The largest absolute Gasteiger partial charge is 0.238 e. The lowest BCUT2D eigenvalue weighted by atomic mass is 10.1. The fraction of sp³-hybridized carbons (Fsp3) is 0. The van der Waals surface area contributed by atoms with Gasteiger partial charge in [-0.15, -0.1) is 11.3 Å². The van der Waals surface area contributed by atoms with E-state index in [0.29, 0.717) is 5.69 Å². The Balaban J connectivity index is 1.54. The quantitative estimate of drug-likeness (QED) is 0.119. The Morgan fingerprint density at radius 3 is 1.75 bits per heavy atom. The minimum atomic E-state index is -2.69. The standard InChI is InChI=1S/C37H25NSSi/c1-38-29-21-19-27(20-22-29)28-11-10-16-32(25-28)40(30-12-4-2-5-13-30,31-14-6-3-7-15-31)33-23-24-35-34-17-8-9-18-36(34)39-37(35)26-33/h2-26H. The van der Waals surface area contributed by atoms with Gasteiger partial charge in [-0.2, -0.15) is 0 Å². The van der Waals surface area contributed by atoms with Crippen molar-refractivity contribution in [2.45, 2.75) is 0 Å². The highest BCUT2D eigenvalue weighted by molar-refractivity contribution is 7.26. The van der Waals surface area contributed by atoms with Crippen LogP contribution < -0.4 is 20.7 Å². The van der Waals surface area contributed by atoms with Gasteiger partial charge in [0.2, 0.25) is 0 Å². The second kappa shape index (κ2) is 10.1. The molecule has 0 spiro atoms. The third kappa shape index (κ3) is 3.98. The summed E-state index contributed by atoms with van der Waals surface area (Å²) in [6.07, 6.45) is 0. The molecule has 0 aliphatic heterocycles. The number of benzene rings is 6. The zero-order chi connectivity index (χ0) is 26.9. The Morgan fingerprint density at radius 1 is 0.450 bits per heavy atom. The molecule has 0 N–H and O–H groups in total. The van der Waals surface area contributed by atoms with Crippen LogP contribution in [-0.4, -0.2) is 8.07 Å². The topological polar surface area (TPSA) is 4.36 Å². The van der Waals surface area contributed by atoms with Gasteiger partial charge in [-0.05, 0) is 44.0 Å². The van der Waals surface area contributed by atoms with Gasteiger partial charge in [-0.1, -0.05) is 140 Å². The summed E-state index contributed by atoms with van der Waals surface area (Å²) in [4.78, 5) is 3.58. The summed E-state index contributed by atoms with van der Waals surface area (Å²) in [5.41, 5.74) is 2.95. The van der Waals surface area contributed by atoms with Crippen molar-refractivity contribution in [1.82, 2.24) is 0 Å². The van der Waals surface area contributed by atoms with Crippen LogP contribution in [0.2, 0.25) is 0 Å². The van der Waals surface area contributed by atoms with E-state index in [-0.39, 0.29) is 0 Å². The summed E-state index contributed by atoms with van der Waals surface area (Å²) in [6, 6.07) is 55.0. The highest BCUT2D eigenvalue weighted by atomic mass is 32.1. The molecule has 188 valence electrons. The number of fused-ring (bicyclic) bond motifs is 3. The molecule has 1 nitrogen and oxygen atoms in total. The predicted molar refractivity (Wildman–Crippen MR) is 175 cm³/mol. The molecule has 1 aromatic heterocycles. The Hall–Kier alpha value is -4.75. The SMILES string of the molecule is [C-]#[N+]c1ccc(-c2cccc([Si](c3ccccc3)(c3ccccc3)c3ccc4c(c3)sc3ccccc34)c2)cc1. The first kappa shape index (κ1) is 24.3. The monoisotopic (exact) mass is 543 g/mol. The highest BCUT2D eigenvalue weighted by Crippen LogP contribution is 2.33. The molecule has 0 saturated carbocycles. The lowest BCUT2D eigenvalue weighted by molar-refractivity contribution is 1.63. The Kier molecular flexibility index (Phi) is 6.13. The molecule has 0 unspecified atom stereocenters. The molecule has 7 rings (SSSR count). The molecule has 0 atom stereocenters. The Labute approximate surface area is 239 Å². The highest BCUT2D eigenvalue weighted by Gasteiger charge is 2.41. The second-order valence-electron chi connectivity index (χ2n) is 10.0. The van der Waals surface area contributed by atoms with Crippen LogP contribution in [0.3, 0.4) is 0 Å². The minimum absolute atomic E-state index is 0.661. The summed E-state index contributed by atoms with van der Waals surface area (Å²) >= 11 is 1.88. The fourth-order valence-corrected chi connectivity index (χ4v) is 12.0. The van der Waals surface area contributed by atoms with Crippen LogP contribution in [0.25, 0.3) is 36.1 Å². The zero-order valence-corrected chi connectivity index (χ0v) is 23.6. The van der Waals surface area contributed by atoms with E-state index in [4.69, 9.17) is 6.57 Å². The van der Waals surface area contributed by atoms with Gasteiger partial charge in [0.15, 0.2) is 13.8 Å². The number of nitrogens with zero attached hydrogens (tertiary/aromatic N) is 1. The minimum Gasteiger partial charge on any atom is -0.238 e.